The Balaban J connectivity index is 1.41. The van der Waals surface area contributed by atoms with Crippen LogP contribution in [-0.4, -0.2) is 17.0 Å². The molecule has 0 aliphatic heterocycles. The highest BCUT2D eigenvalue weighted by atomic mass is 32.2. The number of thioether (sulfide) groups is 1. The molecule has 2 saturated carbocycles. The standard InChI is InChI=1S/C30H42OS/c1-20(19-32-21-9-7-6-8-10-21)23-12-13-24-22-11-14-26-28(2,3)27(31)16-18-30(26,5)25(22)15-17-29(23,24)4/h6-11,14,20,23,25-27,31H,12-13,15-19H2,1-5H3/t20-,23-,25+,26+,27+,29-,30-/m1/s1. The van der Waals surface area contributed by atoms with E-state index >= 15 is 0 Å². The molecule has 1 N–H and O–H groups in total. The fraction of sp³-hybridized carbons (Fsp3) is 0.667. The van der Waals surface area contributed by atoms with E-state index in [1.165, 1.54) is 36.3 Å². The van der Waals surface area contributed by atoms with Gasteiger partial charge in [-0.25, -0.2) is 0 Å². The van der Waals surface area contributed by atoms with Gasteiger partial charge in [0.1, 0.15) is 0 Å². The number of aliphatic hydroxyl groups is 1. The summed E-state index contributed by atoms with van der Waals surface area (Å²) in [6, 6.07) is 10.9. The Kier molecular flexibility index (Phi) is 5.73. The summed E-state index contributed by atoms with van der Waals surface area (Å²) >= 11 is 2.04. The van der Waals surface area contributed by atoms with Crippen LogP contribution in [0.4, 0.5) is 0 Å². The lowest BCUT2D eigenvalue weighted by Crippen LogP contribution is -2.54. The highest BCUT2D eigenvalue weighted by Gasteiger charge is 2.58. The summed E-state index contributed by atoms with van der Waals surface area (Å²) in [4.78, 5) is 1.40. The molecule has 174 valence electrons. The highest BCUT2D eigenvalue weighted by Crippen LogP contribution is 2.66. The lowest BCUT2D eigenvalue weighted by atomic mass is 9.46. The van der Waals surface area contributed by atoms with E-state index in [4.69, 9.17) is 0 Å². The second kappa shape index (κ2) is 8.05. The number of hydrogen-bond donors (Lipinski definition) is 1. The Morgan fingerprint density at radius 2 is 1.78 bits per heavy atom. The van der Waals surface area contributed by atoms with Crippen molar-refractivity contribution in [3.63, 3.8) is 0 Å². The van der Waals surface area contributed by atoms with Gasteiger partial charge in [0, 0.05) is 10.6 Å². The molecular formula is C30H42OS. The predicted octanol–water partition coefficient (Wildman–Crippen LogP) is 7.91. The van der Waals surface area contributed by atoms with Gasteiger partial charge in [-0.2, -0.15) is 0 Å². The maximum absolute atomic E-state index is 10.8. The van der Waals surface area contributed by atoms with E-state index in [0.29, 0.717) is 22.7 Å². The largest absolute Gasteiger partial charge is 0.393 e. The Bertz CT molecular complexity index is 914. The van der Waals surface area contributed by atoms with Gasteiger partial charge in [0.25, 0.3) is 0 Å². The molecule has 5 rings (SSSR count). The molecule has 1 aromatic carbocycles. The van der Waals surface area contributed by atoms with Gasteiger partial charge < -0.3 is 5.11 Å². The average molecular weight is 451 g/mol. The van der Waals surface area contributed by atoms with Crippen LogP contribution in [-0.2, 0) is 0 Å². The van der Waals surface area contributed by atoms with Gasteiger partial charge >= 0.3 is 0 Å². The molecule has 4 aliphatic carbocycles. The lowest BCUT2D eigenvalue weighted by Gasteiger charge is -2.59. The first kappa shape index (κ1) is 22.8. The number of allylic oxidation sites excluding steroid dienone is 4. The summed E-state index contributed by atoms with van der Waals surface area (Å²) in [6.45, 7) is 12.3. The second-order valence-electron chi connectivity index (χ2n) is 12.4. The van der Waals surface area contributed by atoms with E-state index in [1.807, 2.05) is 11.8 Å². The molecule has 0 aromatic heterocycles. The Labute approximate surface area is 200 Å². The fourth-order valence-electron chi connectivity index (χ4n) is 8.51. The minimum absolute atomic E-state index is 0.0260. The quantitative estimate of drug-likeness (QED) is 0.470. The minimum atomic E-state index is -0.174. The van der Waals surface area contributed by atoms with Crippen molar-refractivity contribution in [2.75, 3.05) is 5.75 Å². The maximum atomic E-state index is 10.8. The van der Waals surface area contributed by atoms with Crippen molar-refractivity contribution in [3.05, 3.63) is 53.6 Å². The first-order chi connectivity index (χ1) is 15.2. The van der Waals surface area contributed by atoms with Crippen LogP contribution >= 0.6 is 11.8 Å². The zero-order chi connectivity index (χ0) is 22.7. The van der Waals surface area contributed by atoms with Gasteiger partial charge in [-0.3, -0.25) is 0 Å². The van der Waals surface area contributed by atoms with Crippen LogP contribution in [0.1, 0.15) is 73.1 Å². The number of rotatable bonds is 4. The van der Waals surface area contributed by atoms with Crippen molar-refractivity contribution in [1.82, 2.24) is 0 Å². The smallest absolute Gasteiger partial charge is 0.0597 e. The summed E-state index contributed by atoms with van der Waals surface area (Å²) in [5.74, 6) is 3.92. The molecule has 0 heterocycles. The maximum Gasteiger partial charge on any atom is 0.0597 e. The van der Waals surface area contributed by atoms with Crippen molar-refractivity contribution in [2.45, 2.75) is 84.1 Å². The van der Waals surface area contributed by atoms with Crippen LogP contribution in [0.5, 0.6) is 0 Å². The summed E-state index contributed by atoms with van der Waals surface area (Å²) in [7, 11) is 0. The monoisotopic (exact) mass is 450 g/mol. The lowest BCUT2D eigenvalue weighted by molar-refractivity contribution is -0.0975. The fourth-order valence-corrected chi connectivity index (χ4v) is 9.55. The zero-order valence-corrected chi connectivity index (χ0v) is 21.5. The molecule has 1 aromatic rings. The first-order valence-corrected chi connectivity index (χ1v) is 13.9. The molecule has 0 spiro atoms. The normalized spacial score (nSPS) is 41.1. The highest BCUT2D eigenvalue weighted by molar-refractivity contribution is 7.99. The SMILES string of the molecule is C[C@H](CSc1ccccc1)[C@H]1CCC2=C3C=C[C@H]4C(C)(C)[C@@H](O)CC[C@]4(C)[C@H]3CC[C@@]21C. The third-order valence-corrected chi connectivity index (χ3v) is 11.7. The van der Waals surface area contributed by atoms with Gasteiger partial charge in [-0.15, -0.1) is 11.8 Å². The van der Waals surface area contributed by atoms with E-state index in [2.05, 4.69) is 77.1 Å². The van der Waals surface area contributed by atoms with Crippen LogP contribution in [0.25, 0.3) is 0 Å². The van der Waals surface area contributed by atoms with Crippen molar-refractivity contribution in [3.8, 4) is 0 Å². The molecule has 0 unspecified atom stereocenters. The second-order valence-corrected chi connectivity index (χ2v) is 13.5. The molecule has 0 saturated heterocycles. The Morgan fingerprint density at radius 3 is 2.53 bits per heavy atom. The van der Waals surface area contributed by atoms with Gasteiger partial charge in [-0.05, 0) is 96.1 Å². The molecule has 32 heavy (non-hydrogen) atoms. The first-order valence-electron chi connectivity index (χ1n) is 13.0. The Morgan fingerprint density at radius 1 is 1.03 bits per heavy atom. The third-order valence-electron chi connectivity index (χ3n) is 10.4. The molecule has 2 heteroatoms. The minimum Gasteiger partial charge on any atom is -0.393 e. The van der Waals surface area contributed by atoms with Crippen LogP contribution < -0.4 is 0 Å². The van der Waals surface area contributed by atoms with Crippen LogP contribution in [0, 0.1) is 39.9 Å². The van der Waals surface area contributed by atoms with Crippen molar-refractivity contribution >= 4 is 11.8 Å². The van der Waals surface area contributed by atoms with Crippen LogP contribution in [0.15, 0.2) is 58.5 Å². The summed E-state index contributed by atoms with van der Waals surface area (Å²) in [5, 5.41) is 10.8. The van der Waals surface area contributed by atoms with Crippen LogP contribution in [0.2, 0.25) is 0 Å². The number of hydrogen-bond acceptors (Lipinski definition) is 2. The molecule has 0 bridgehead atoms. The van der Waals surface area contributed by atoms with E-state index < -0.39 is 0 Å². The molecule has 0 radical (unpaired) electrons. The molecule has 0 amide bonds. The van der Waals surface area contributed by atoms with E-state index in [0.717, 1.165) is 24.7 Å². The number of fused-ring (bicyclic) bond motifs is 4. The van der Waals surface area contributed by atoms with Gasteiger partial charge in [0.2, 0.25) is 0 Å². The molecular weight excluding hydrogens is 408 g/mol. The van der Waals surface area contributed by atoms with Crippen molar-refractivity contribution < 1.29 is 5.11 Å². The molecule has 4 aliphatic rings. The van der Waals surface area contributed by atoms with Gasteiger partial charge in [-0.1, -0.05) is 70.5 Å². The van der Waals surface area contributed by atoms with E-state index in [-0.39, 0.29) is 11.5 Å². The van der Waals surface area contributed by atoms with Crippen LogP contribution in [0.3, 0.4) is 0 Å². The topological polar surface area (TPSA) is 20.2 Å². The zero-order valence-electron chi connectivity index (χ0n) is 20.7. The number of aliphatic hydroxyl groups excluding tert-OH is 1. The van der Waals surface area contributed by atoms with Crippen molar-refractivity contribution in [2.24, 2.45) is 39.9 Å². The Hall–Kier alpha value is -0.990. The summed E-state index contributed by atoms with van der Waals surface area (Å²) < 4.78 is 0. The third kappa shape index (κ3) is 3.38. The summed E-state index contributed by atoms with van der Waals surface area (Å²) in [5.41, 5.74) is 4.15. The molecule has 1 nitrogen and oxygen atoms in total. The molecule has 7 atom stereocenters. The van der Waals surface area contributed by atoms with Gasteiger partial charge in [0.05, 0.1) is 6.10 Å². The van der Waals surface area contributed by atoms with E-state index in [9.17, 15) is 5.11 Å². The average Bonchev–Trinajstić information content (AvgIpc) is 3.13. The molecule has 2 fully saturated rings. The number of benzene rings is 1. The van der Waals surface area contributed by atoms with E-state index in [1.54, 1.807) is 11.1 Å². The summed E-state index contributed by atoms with van der Waals surface area (Å²) in [6.07, 6.45) is 12.3. The predicted molar refractivity (Wildman–Crippen MR) is 137 cm³/mol. The van der Waals surface area contributed by atoms with Gasteiger partial charge in [0.15, 0.2) is 0 Å². The van der Waals surface area contributed by atoms with Crippen molar-refractivity contribution in [1.29, 1.82) is 0 Å².